The lowest BCUT2D eigenvalue weighted by Gasteiger charge is -2.31. The number of nitriles is 1. The van der Waals surface area contributed by atoms with Crippen LogP contribution in [0, 0.1) is 22.6 Å². The number of hydrogen-bond acceptors (Lipinski definition) is 6. The molecule has 2 amide bonds. The van der Waals surface area contributed by atoms with E-state index in [1.165, 1.54) is 22.8 Å². The first kappa shape index (κ1) is 32.3. The van der Waals surface area contributed by atoms with Crippen LogP contribution in [0.5, 0.6) is 0 Å². The average molecular weight is 621 g/mol. The van der Waals surface area contributed by atoms with Crippen molar-refractivity contribution in [3.63, 3.8) is 0 Å². The highest BCUT2D eigenvalue weighted by Crippen LogP contribution is 2.30. The second kappa shape index (κ2) is 12.9. The Bertz CT molecular complexity index is 1760. The minimum absolute atomic E-state index is 0.121. The maximum Gasteiger partial charge on any atom is 0.419 e. The van der Waals surface area contributed by atoms with Crippen LogP contribution >= 0.6 is 11.6 Å². The van der Waals surface area contributed by atoms with Gasteiger partial charge in [-0.15, -0.1) is 0 Å². The van der Waals surface area contributed by atoms with Crippen LogP contribution in [0.4, 0.5) is 9.18 Å². The van der Waals surface area contributed by atoms with Gasteiger partial charge in [0.05, 0.1) is 17.0 Å². The molecule has 1 unspecified atom stereocenters. The molecule has 0 spiro atoms. The molecule has 230 valence electrons. The summed E-state index contributed by atoms with van der Waals surface area (Å²) in [5.41, 5.74) is 1.71. The van der Waals surface area contributed by atoms with Crippen LogP contribution in [0.15, 0.2) is 69.9 Å². The van der Waals surface area contributed by atoms with Gasteiger partial charge >= 0.3 is 11.8 Å². The van der Waals surface area contributed by atoms with E-state index in [1.54, 1.807) is 40.8 Å². The average Bonchev–Trinajstić information content (AvgIpc) is 3.25. The quantitative estimate of drug-likeness (QED) is 0.239. The van der Waals surface area contributed by atoms with Gasteiger partial charge in [-0.2, -0.15) is 5.26 Å². The number of benzene rings is 3. The number of ether oxygens (including phenoxy) is 1. The number of rotatable bonds is 9. The van der Waals surface area contributed by atoms with E-state index in [9.17, 15) is 24.0 Å². The van der Waals surface area contributed by atoms with E-state index in [0.717, 1.165) is 16.7 Å². The Morgan fingerprint density at radius 2 is 1.77 bits per heavy atom. The lowest BCUT2D eigenvalue weighted by molar-refractivity contribution is -0.130. The van der Waals surface area contributed by atoms with Gasteiger partial charge in [0.25, 0.3) is 0 Å². The molecule has 1 heterocycles. The monoisotopic (exact) mass is 620 g/mol. The third-order valence-corrected chi connectivity index (χ3v) is 7.53. The minimum Gasteiger partial charge on any atom is -0.444 e. The third kappa shape index (κ3) is 7.66. The number of hydrogen-bond donors (Lipinski definition) is 2. The fourth-order valence-corrected chi connectivity index (χ4v) is 4.96. The van der Waals surface area contributed by atoms with Crippen LogP contribution in [0.1, 0.15) is 38.8 Å². The molecule has 9 nitrogen and oxygen atoms in total. The van der Waals surface area contributed by atoms with Gasteiger partial charge in [-0.3, -0.25) is 9.36 Å². The number of aryl methyl sites for hydroxylation is 1. The highest BCUT2D eigenvalue weighted by Gasteiger charge is 2.37. The van der Waals surface area contributed by atoms with Crippen LogP contribution in [-0.4, -0.2) is 34.8 Å². The summed E-state index contributed by atoms with van der Waals surface area (Å²) in [4.78, 5) is 37.9. The van der Waals surface area contributed by atoms with Crippen LogP contribution in [0.25, 0.3) is 22.2 Å². The number of oxazole rings is 1. The van der Waals surface area contributed by atoms with Crippen molar-refractivity contribution >= 4 is 34.7 Å². The largest absolute Gasteiger partial charge is 0.444 e. The number of carbonyl (C=O) groups excluding carboxylic acids is 2. The van der Waals surface area contributed by atoms with Crippen LogP contribution < -0.4 is 16.4 Å². The summed E-state index contributed by atoms with van der Waals surface area (Å²) >= 11 is 6.27. The number of fused-ring (bicyclic) bond motifs is 1. The number of nitrogens with one attached hydrogen (secondary N) is 2. The van der Waals surface area contributed by atoms with Crippen molar-refractivity contribution < 1.29 is 23.1 Å². The fraction of sp³-hybridized carbons (Fsp3) is 0.333. The summed E-state index contributed by atoms with van der Waals surface area (Å²) in [6.07, 6.45) is -0.671. The second-order valence-electron chi connectivity index (χ2n) is 12.0. The van der Waals surface area contributed by atoms with Gasteiger partial charge in [-0.05, 0) is 75.1 Å². The van der Waals surface area contributed by atoms with Gasteiger partial charge in [0.2, 0.25) is 5.91 Å². The minimum atomic E-state index is -1.38. The number of alkyl carbamates (subject to hydrolysis) is 1. The van der Waals surface area contributed by atoms with E-state index in [1.807, 2.05) is 36.4 Å². The number of nitrogens with zero attached hydrogens (tertiary/aromatic N) is 2. The van der Waals surface area contributed by atoms with Crippen molar-refractivity contribution in [2.75, 3.05) is 6.54 Å². The highest BCUT2D eigenvalue weighted by atomic mass is 35.5. The molecule has 3 aromatic carbocycles. The number of carbonyl (C=O) groups is 2. The van der Waals surface area contributed by atoms with Gasteiger partial charge in [-0.25, -0.2) is 14.0 Å². The highest BCUT2D eigenvalue weighted by molar-refractivity contribution is 6.31. The number of amides is 2. The zero-order valence-electron chi connectivity index (χ0n) is 25.2. The van der Waals surface area contributed by atoms with Crippen molar-refractivity contribution in [2.24, 2.45) is 12.5 Å². The maximum absolute atomic E-state index is 14.7. The Morgan fingerprint density at radius 3 is 2.41 bits per heavy atom. The Hall–Kier alpha value is -4.62. The molecular weight excluding hydrogens is 587 g/mol. The van der Waals surface area contributed by atoms with Crippen LogP contribution in [0.3, 0.4) is 0 Å². The van der Waals surface area contributed by atoms with Gasteiger partial charge in [0.1, 0.15) is 17.5 Å². The fourth-order valence-electron chi connectivity index (χ4n) is 4.73. The van der Waals surface area contributed by atoms with E-state index >= 15 is 0 Å². The lowest BCUT2D eigenvalue weighted by atomic mass is 9.81. The van der Waals surface area contributed by atoms with E-state index in [0.29, 0.717) is 11.1 Å². The lowest BCUT2D eigenvalue weighted by Crippen LogP contribution is -2.51. The van der Waals surface area contributed by atoms with E-state index in [4.69, 9.17) is 20.8 Å². The maximum atomic E-state index is 14.7. The first-order chi connectivity index (χ1) is 20.7. The SMILES string of the molecule is Cn1c(=O)oc2ccc(-c3ccc(C[C@@H](C#N)NC(=O)C(C)(CNC(=O)OC(C)(C)C)Cc4c(F)cccc4Cl)cc3)cc21. The normalized spacial score (nSPS) is 13.5. The van der Waals surface area contributed by atoms with Gasteiger partial charge in [-0.1, -0.05) is 48.0 Å². The molecule has 0 aliphatic heterocycles. The standard InChI is InChI=1S/C33H34ClFN4O5/c1-32(2,3)44-30(41)37-19-33(4,17-24-25(34)7-6-8-26(24)35)29(40)38-23(18-36)15-20-9-11-21(12-10-20)22-13-14-28-27(16-22)39(5)31(42)43-28/h6-14,16,23H,15,17,19H2,1-5H3,(H,37,41)(H,38,40)/t23-,33?/m0/s1. The molecule has 4 rings (SSSR count). The van der Waals surface area contributed by atoms with Crippen LogP contribution in [0.2, 0.25) is 5.02 Å². The van der Waals surface area contributed by atoms with Crippen molar-refractivity contribution in [2.45, 2.75) is 52.2 Å². The molecule has 44 heavy (non-hydrogen) atoms. The Balaban J connectivity index is 1.50. The predicted octanol–water partition coefficient (Wildman–Crippen LogP) is 5.92. The molecule has 2 atom stereocenters. The van der Waals surface area contributed by atoms with Gasteiger partial charge < -0.3 is 19.8 Å². The summed E-state index contributed by atoms with van der Waals surface area (Å²) in [5, 5.41) is 15.4. The van der Waals surface area contributed by atoms with Crippen molar-refractivity contribution in [1.29, 1.82) is 5.26 Å². The summed E-state index contributed by atoms with van der Waals surface area (Å²) in [7, 11) is 1.64. The molecule has 0 radical (unpaired) electrons. The van der Waals surface area contributed by atoms with E-state index in [-0.39, 0.29) is 30.0 Å². The molecule has 0 fully saturated rings. The smallest absolute Gasteiger partial charge is 0.419 e. The topological polar surface area (TPSA) is 126 Å². The molecule has 11 heteroatoms. The first-order valence-electron chi connectivity index (χ1n) is 14.0. The van der Waals surface area contributed by atoms with E-state index in [2.05, 4.69) is 16.7 Å². The summed E-state index contributed by atoms with van der Waals surface area (Å²) < 4.78 is 26.7. The van der Waals surface area contributed by atoms with E-state index < -0.39 is 40.6 Å². The molecule has 1 aromatic heterocycles. The zero-order valence-corrected chi connectivity index (χ0v) is 25.9. The molecule has 0 bridgehead atoms. The molecule has 4 aromatic rings. The van der Waals surface area contributed by atoms with Crippen molar-refractivity contribution in [3.05, 3.63) is 93.2 Å². The molecule has 0 aliphatic rings. The van der Waals surface area contributed by atoms with Gasteiger partial charge in [0, 0.05) is 30.6 Å². The summed E-state index contributed by atoms with van der Waals surface area (Å²) in [5.74, 6) is -1.58. The number of aromatic nitrogens is 1. The summed E-state index contributed by atoms with van der Waals surface area (Å²) in [6.45, 7) is 6.51. The van der Waals surface area contributed by atoms with Crippen LogP contribution in [-0.2, 0) is 29.4 Å². The Labute approximate surface area is 259 Å². The number of halogens is 2. The van der Waals surface area contributed by atoms with Crippen molar-refractivity contribution in [3.8, 4) is 17.2 Å². The Kier molecular flexibility index (Phi) is 9.50. The second-order valence-corrected chi connectivity index (χ2v) is 12.4. The first-order valence-corrected chi connectivity index (χ1v) is 14.4. The molecule has 0 aliphatic carbocycles. The molecule has 0 saturated carbocycles. The molecule has 0 saturated heterocycles. The van der Waals surface area contributed by atoms with Gasteiger partial charge in [0.15, 0.2) is 5.58 Å². The zero-order chi connectivity index (χ0) is 32.2. The molecular formula is C33H34ClFN4O5. The third-order valence-electron chi connectivity index (χ3n) is 7.18. The predicted molar refractivity (Wildman–Crippen MR) is 166 cm³/mol. The molecule has 2 N–H and O–H groups in total. The Morgan fingerprint density at radius 1 is 1.09 bits per heavy atom. The summed E-state index contributed by atoms with van der Waals surface area (Å²) in [6, 6.07) is 18.4. The van der Waals surface area contributed by atoms with Crippen molar-refractivity contribution in [1.82, 2.24) is 15.2 Å².